The van der Waals surface area contributed by atoms with Crippen molar-refractivity contribution in [3.63, 3.8) is 0 Å². The number of thiophene rings is 1. The van der Waals surface area contributed by atoms with Crippen molar-refractivity contribution in [1.82, 2.24) is 10.2 Å². The van der Waals surface area contributed by atoms with E-state index in [-0.39, 0.29) is 29.4 Å². The Morgan fingerprint density at radius 3 is 2.86 bits per heavy atom. The molecule has 0 bridgehead atoms. The number of nitrogens with zero attached hydrogens (tertiary/aromatic N) is 2. The minimum absolute atomic E-state index is 0. The second-order valence-electron chi connectivity index (χ2n) is 6.46. The highest BCUT2D eigenvalue weighted by molar-refractivity contribution is 14.0. The molecule has 120 valence electrons. The minimum atomic E-state index is 0. The van der Waals surface area contributed by atoms with Gasteiger partial charge in [0.15, 0.2) is 5.96 Å². The molecule has 1 aromatic heterocycles. The first-order valence-electron chi connectivity index (χ1n) is 7.52. The molecule has 1 N–H and O–H groups in total. The largest absolute Gasteiger partial charge is 0.355 e. The van der Waals surface area contributed by atoms with Gasteiger partial charge < -0.3 is 10.2 Å². The smallest absolute Gasteiger partial charge is 0.193 e. The quantitative estimate of drug-likeness (QED) is 0.455. The first kappa shape index (κ1) is 18.7. The fraction of sp³-hybridized carbons (Fsp3) is 0.688. The summed E-state index contributed by atoms with van der Waals surface area (Å²) in [6, 6.07) is 4.35. The first-order valence-corrected chi connectivity index (χ1v) is 8.40. The molecule has 5 heteroatoms. The van der Waals surface area contributed by atoms with Gasteiger partial charge in [-0.1, -0.05) is 26.8 Å². The second kappa shape index (κ2) is 8.36. The summed E-state index contributed by atoms with van der Waals surface area (Å²) in [6.45, 7) is 10.1. The van der Waals surface area contributed by atoms with E-state index in [0.717, 1.165) is 31.5 Å². The standard InChI is InChI=1S/C16H27N3S.HI/c1-13-7-5-9-19(11-13)15(17-4)18-12-16(2,3)14-8-6-10-20-14;/h6,8,10,13H,5,7,9,11-12H2,1-4H3,(H,17,18);1H. The van der Waals surface area contributed by atoms with Gasteiger partial charge in [0, 0.05) is 37.0 Å². The van der Waals surface area contributed by atoms with Crippen LogP contribution in [-0.2, 0) is 5.41 Å². The van der Waals surface area contributed by atoms with E-state index in [1.54, 1.807) is 0 Å². The summed E-state index contributed by atoms with van der Waals surface area (Å²) >= 11 is 1.83. The molecule has 0 radical (unpaired) electrons. The molecule has 21 heavy (non-hydrogen) atoms. The lowest BCUT2D eigenvalue weighted by atomic mass is 9.91. The number of hydrogen-bond donors (Lipinski definition) is 1. The molecule has 1 unspecified atom stereocenters. The maximum absolute atomic E-state index is 4.47. The average Bonchev–Trinajstić information content (AvgIpc) is 2.94. The van der Waals surface area contributed by atoms with Crippen LogP contribution in [-0.4, -0.2) is 37.5 Å². The van der Waals surface area contributed by atoms with Gasteiger partial charge in [-0.15, -0.1) is 35.3 Å². The lowest BCUT2D eigenvalue weighted by Gasteiger charge is -2.35. The number of nitrogens with one attached hydrogen (secondary N) is 1. The third-order valence-corrected chi connectivity index (χ3v) is 5.28. The van der Waals surface area contributed by atoms with Crippen molar-refractivity contribution in [2.75, 3.05) is 26.7 Å². The zero-order valence-corrected chi connectivity index (χ0v) is 16.7. The van der Waals surface area contributed by atoms with E-state index < -0.39 is 0 Å². The fourth-order valence-corrected chi connectivity index (χ4v) is 3.62. The van der Waals surface area contributed by atoms with Crippen molar-refractivity contribution in [2.45, 2.75) is 39.0 Å². The van der Waals surface area contributed by atoms with Crippen molar-refractivity contribution in [2.24, 2.45) is 10.9 Å². The summed E-state index contributed by atoms with van der Waals surface area (Å²) in [5.41, 5.74) is 0.144. The predicted octanol–water partition coefficient (Wildman–Crippen LogP) is 3.95. The average molecular weight is 421 g/mol. The molecule has 1 aliphatic rings. The SMILES string of the molecule is CN=C(NCC(C)(C)c1cccs1)N1CCCC(C)C1.I. The normalized spacial score (nSPS) is 20.1. The highest BCUT2D eigenvalue weighted by Gasteiger charge is 2.24. The second-order valence-corrected chi connectivity index (χ2v) is 7.40. The fourth-order valence-electron chi connectivity index (χ4n) is 2.76. The van der Waals surface area contributed by atoms with Gasteiger partial charge in [-0.05, 0) is 30.2 Å². The number of hydrogen-bond acceptors (Lipinski definition) is 2. The molecule has 0 saturated carbocycles. The Morgan fingerprint density at radius 1 is 1.52 bits per heavy atom. The zero-order valence-electron chi connectivity index (χ0n) is 13.6. The van der Waals surface area contributed by atoms with E-state index in [1.807, 2.05) is 18.4 Å². The molecule has 0 aromatic carbocycles. The van der Waals surface area contributed by atoms with E-state index >= 15 is 0 Å². The van der Waals surface area contributed by atoms with E-state index in [1.165, 1.54) is 17.7 Å². The van der Waals surface area contributed by atoms with Crippen LogP contribution in [0.2, 0.25) is 0 Å². The minimum Gasteiger partial charge on any atom is -0.355 e. The molecule has 3 nitrogen and oxygen atoms in total. The highest BCUT2D eigenvalue weighted by Crippen LogP contribution is 2.26. The van der Waals surface area contributed by atoms with Crippen molar-refractivity contribution in [3.8, 4) is 0 Å². The van der Waals surface area contributed by atoms with Crippen LogP contribution in [0.3, 0.4) is 0 Å². The Labute approximate surface area is 150 Å². The zero-order chi connectivity index (χ0) is 14.6. The van der Waals surface area contributed by atoms with Crippen molar-refractivity contribution < 1.29 is 0 Å². The number of guanidine groups is 1. The molecule has 0 spiro atoms. The van der Waals surface area contributed by atoms with Crippen LogP contribution in [0.15, 0.2) is 22.5 Å². The number of halogens is 1. The number of rotatable bonds is 3. The molecular weight excluding hydrogens is 393 g/mol. The summed E-state index contributed by atoms with van der Waals surface area (Å²) in [7, 11) is 1.89. The van der Waals surface area contributed by atoms with Crippen molar-refractivity contribution in [3.05, 3.63) is 22.4 Å². The summed E-state index contributed by atoms with van der Waals surface area (Å²) < 4.78 is 0. The molecule has 1 aromatic rings. The van der Waals surface area contributed by atoms with Gasteiger partial charge in [-0.2, -0.15) is 0 Å². The van der Waals surface area contributed by atoms with E-state index in [4.69, 9.17) is 0 Å². The summed E-state index contributed by atoms with van der Waals surface area (Å²) in [4.78, 5) is 8.29. The van der Waals surface area contributed by atoms with Crippen LogP contribution in [0.25, 0.3) is 0 Å². The highest BCUT2D eigenvalue weighted by atomic mass is 127. The Kier molecular flexibility index (Phi) is 7.47. The van der Waals surface area contributed by atoms with Crippen molar-refractivity contribution in [1.29, 1.82) is 0 Å². The molecule has 1 saturated heterocycles. The maximum Gasteiger partial charge on any atom is 0.193 e. The number of likely N-dealkylation sites (tertiary alicyclic amines) is 1. The van der Waals surface area contributed by atoms with Gasteiger partial charge in [0.25, 0.3) is 0 Å². The maximum atomic E-state index is 4.47. The van der Waals surface area contributed by atoms with Crippen molar-refractivity contribution >= 4 is 41.3 Å². The van der Waals surface area contributed by atoms with Gasteiger partial charge in [0.2, 0.25) is 0 Å². The molecule has 1 atom stereocenters. The molecule has 0 aliphatic carbocycles. The van der Waals surface area contributed by atoms with Crippen LogP contribution < -0.4 is 5.32 Å². The van der Waals surface area contributed by atoms with Gasteiger partial charge in [0.1, 0.15) is 0 Å². The molecule has 2 heterocycles. The third kappa shape index (κ3) is 5.13. The lowest BCUT2D eigenvalue weighted by Crippen LogP contribution is -2.48. The van der Waals surface area contributed by atoms with Crippen LogP contribution in [0, 0.1) is 5.92 Å². The molecular formula is C16H28IN3S. The molecule has 1 aliphatic heterocycles. The Hall–Kier alpha value is -0.300. The summed E-state index contributed by atoms with van der Waals surface area (Å²) in [5.74, 6) is 1.83. The van der Waals surface area contributed by atoms with Gasteiger partial charge in [0.05, 0.1) is 0 Å². The van der Waals surface area contributed by atoms with Gasteiger partial charge in [-0.3, -0.25) is 4.99 Å². The van der Waals surface area contributed by atoms with E-state index in [0.29, 0.717) is 0 Å². The van der Waals surface area contributed by atoms with Gasteiger partial charge >= 0.3 is 0 Å². The Bertz CT molecular complexity index is 442. The monoisotopic (exact) mass is 421 g/mol. The molecule has 0 amide bonds. The number of piperidine rings is 1. The third-order valence-electron chi connectivity index (χ3n) is 4.05. The van der Waals surface area contributed by atoms with E-state index in [9.17, 15) is 0 Å². The van der Waals surface area contributed by atoms with Crippen LogP contribution >= 0.6 is 35.3 Å². The van der Waals surface area contributed by atoms with Crippen LogP contribution in [0.5, 0.6) is 0 Å². The lowest BCUT2D eigenvalue weighted by molar-refractivity contribution is 0.264. The van der Waals surface area contributed by atoms with Crippen LogP contribution in [0.1, 0.15) is 38.5 Å². The summed E-state index contributed by atoms with van der Waals surface area (Å²) in [6.07, 6.45) is 2.62. The Balaban J connectivity index is 0.00000220. The molecule has 2 rings (SSSR count). The van der Waals surface area contributed by atoms with E-state index in [2.05, 4.69) is 53.5 Å². The summed E-state index contributed by atoms with van der Waals surface area (Å²) in [5, 5.41) is 5.72. The Morgan fingerprint density at radius 2 is 2.29 bits per heavy atom. The topological polar surface area (TPSA) is 27.6 Å². The predicted molar refractivity (Wildman–Crippen MR) is 104 cm³/mol. The first-order chi connectivity index (χ1) is 9.53. The molecule has 1 fully saturated rings. The van der Waals surface area contributed by atoms with Crippen LogP contribution in [0.4, 0.5) is 0 Å². The van der Waals surface area contributed by atoms with Gasteiger partial charge in [-0.25, -0.2) is 0 Å². The number of aliphatic imine (C=N–C) groups is 1.